The second-order valence-corrected chi connectivity index (χ2v) is 10.1. The first-order chi connectivity index (χ1) is 16.5. The molecule has 2 unspecified atom stereocenters. The van der Waals surface area contributed by atoms with Crippen molar-refractivity contribution in [1.82, 2.24) is 14.9 Å². The van der Waals surface area contributed by atoms with Gasteiger partial charge in [-0.15, -0.1) is 0 Å². The zero-order chi connectivity index (χ0) is 23.8. The lowest BCUT2D eigenvalue weighted by molar-refractivity contribution is 0.345. The Balaban J connectivity index is 1.63. The van der Waals surface area contributed by atoms with Gasteiger partial charge in [0.25, 0.3) is 0 Å². The average molecular weight is 495 g/mol. The first kappa shape index (κ1) is 23.2. The molecule has 1 saturated carbocycles. The smallest absolute Gasteiger partial charge is 0.174 e. The number of methoxy groups -OCH3 is 1. The van der Waals surface area contributed by atoms with E-state index in [9.17, 15) is 0 Å². The third-order valence-electron chi connectivity index (χ3n) is 7.29. The molecule has 5 nitrogen and oxygen atoms in total. The highest BCUT2D eigenvalue weighted by Crippen LogP contribution is 2.45. The average Bonchev–Trinajstić information content (AvgIpc) is 3.35. The predicted molar refractivity (Wildman–Crippen MR) is 142 cm³/mol. The van der Waals surface area contributed by atoms with Gasteiger partial charge in [0.15, 0.2) is 5.11 Å². The van der Waals surface area contributed by atoms with Crippen molar-refractivity contribution >= 4 is 34.6 Å². The van der Waals surface area contributed by atoms with E-state index in [-0.39, 0.29) is 12.1 Å². The van der Waals surface area contributed by atoms with Crippen LogP contribution in [0.25, 0.3) is 0 Å². The van der Waals surface area contributed by atoms with Crippen molar-refractivity contribution in [2.24, 2.45) is 0 Å². The van der Waals surface area contributed by atoms with Crippen LogP contribution in [-0.4, -0.2) is 21.8 Å². The van der Waals surface area contributed by atoms with E-state index in [0.29, 0.717) is 21.9 Å². The molecule has 1 aliphatic heterocycles. The number of benzene rings is 1. The number of ether oxygens (including phenoxy) is 1. The van der Waals surface area contributed by atoms with E-state index in [1.165, 1.54) is 49.1 Å². The first-order valence-corrected chi connectivity index (χ1v) is 12.8. The molecule has 1 N–H and O–H groups in total. The number of aromatic nitrogens is 2. The number of nitrogens with one attached hydrogen (secondary N) is 1. The summed E-state index contributed by atoms with van der Waals surface area (Å²) in [6.45, 7) is 4.49. The molecule has 0 radical (unpaired) electrons. The molecule has 3 heterocycles. The number of thiocarbonyl (C=S) groups is 1. The minimum Gasteiger partial charge on any atom is -0.495 e. The van der Waals surface area contributed by atoms with Crippen LogP contribution in [0, 0.1) is 13.8 Å². The van der Waals surface area contributed by atoms with Gasteiger partial charge in [-0.2, -0.15) is 0 Å². The molecule has 0 amide bonds. The lowest BCUT2D eigenvalue weighted by Crippen LogP contribution is -2.29. The van der Waals surface area contributed by atoms with Crippen molar-refractivity contribution in [2.75, 3.05) is 12.0 Å². The van der Waals surface area contributed by atoms with Crippen LogP contribution >= 0.6 is 23.8 Å². The largest absolute Gasteiger partial charge is 0.495 e. The second-order valence-electron chi connectivity index (χ2n) is 9.30. The van der Waals surface area contributed by atoms with Crippen molar-refractivity contribution < 1.29 is 4.74 Å². The van der Waals surface area contributed by atoms with Crippen LogP contribution in [0.2, 0.25) is 5.02 Å². The fourth-order valence-corrected chi connectivity index (χ4v) is 6.36. The van der Waals surface area contributed by atoms with Gasteiger partial charge >= 0.3 is 0 Å². The predicted octanol–water partition coefficient (Wildman–Crippen LogP) is 6.84. The molecule has 5 rings (SSSR count). The van der Waals surface area contributed by atoms with Gasteiger partial charge in [-0.25, -0.2) is 0 Å². The Morgan fingerprint density at radius 3 is 2.56 bits per heavy atom. The Hall–Kier alpha value is -2.57. The van der Waals surface area contributed by atoms with Crippen LogP contribution in [0.1, 0.15) is 72.9 Å². The Morgan fingerprint density at radius 2 is 1.88 bits per heavy atom. The molecule has 0 spiro atoms. The minimum absolute atomic E-state index is 0.0459. The molecule has 1 saturated heterocycles. The molecule has 2 atom stereocenters. The summed E-state index contributed by atoms with van der Waals surface area (Å²) in [5.41, 5.74) is 5.81. The van der Waals surface area contributed by atoms with E-state index in [2.05, 4.69) is 40.8 Å². The van der Waals surface area contributed by atoms with Crippen molar-refractivity contribution in [1.29, 1.82) is 0 Å². The Morgan fingerprint density at radius 1 is 1.09 bits per heavy atom. The second kappa shape index (κ2) is 9.59. The summed E-state index contributed by atoms with van der Waals surface area (Å²) in [6.07, 6.45) is 8.29. The number of hydrogen-bond donors (Lipinski definition) is 1. The fraction of sp³-hybridized carbons (Fsp3) is 0.407. The lowest BCUT2D eigenvalue weighted by atomic mass is 9.94. The molecule has 7 heteroatoms. The van der Waals surface area contributed by atoms with E-state index < -0.39 is 0 Å². The van der Waals surface area contributed by atoms with Gasteiger partial charge in [0.1, 0.15) is 5.75 Å². The van der Waals surface area contributed by atoms with Crippen molar-refractivity contribution in [2.45, 2.75) is 64.1 Å². The van der Waals surface area contributed by atoms with Crippen molar-refractivity contribution in [3.05, 3.63) is 76.3 Å². The molecule has 1 aromatic carbocycles. The van der Waals surface area contributed by atoms with Crippen LogP contribution in [0.15, 0.2) is 48.7 Å². The van der Waals surface area contributed by atoms with Crippen molar-refractivity contribution in [3.8, 4) is 5.75 Å². The zero-order valence-electron chi connectivity index (χ0n) is 19.9. The summed E-state index contributed by atoms with van der Waals surface area (Å²) in [4.78, 5) is 6.88. The van der Waals surface area contributed by atoms with E-state index in [1.807, 2.05) is 36.5 Å². The summed E-state index contributed by atoms with van der Waals surface area (Å²) in [7, 11) is 1.63. The topological polar surface area (TPSA) is 42.3 Å². The van der Waals surface area contributed by atoms with Crippen LogP contribution < -0.4 is 15.0 Å². The van der Waals surface area contributed by atoms with E-state index in [1.54, 1.807) is 7.11 Å². The number of pyridine rings is 1. The zero-order valence-corrected chi connectivity index (χ0v) is 21.5. The Bertz CT molecular complexity index is 1190. The maximum atomic E-state index is 6.53. The van der Waals surface area contributed by atoms with Gasteiger partial charge in [-0.05, 0) is 80.9 Å². The highest BCUT2D eigenvalue weighted by molar-refractivity contribution is 7.80. The van der Waals surface area contributed by atoms with Crippen LogP contribution in [-0.2, 0) is 0 Å². The Labute approximate surface area is 212 Å². The summed E-state index contributed by atoms with van der Waals surface area (Å²) >= 11 is 12.4. The number of hydrogen-bond acceptors (Lipinski definition) is 3. The summed E-state index contributed by atoms with van der Waals surface area (Å²) in [5, 5.41) is 4.80. The molecular weight excluding hydrogens is 464 g/mol. The molecule has 0 bridgehead atoms. The standard InChI is InChI=1S/C27H31ClN4OS/c1-17-15-21(18(2)31(17)19-9-5-4-6-10-19)26-25(23-11-7-8-14-29-23)30-27(34)32(26)20-12-13-24(33-3)22(28)16-20/h7-8,11-16,19,25-26H,4-6,9-10H2,1-3H3,(H,30,34). The number of nitrogens with zero attached hydrogens (tertiary/aromatic N) is 3. The highest BCUT2D eigenvalue weighted by Gasteiger charge is 2.42. The van der Waals surface area contributed by atoms with Gasteiger partial charge in [-0.1, -0.05) is 36.9 Å². The maximum Gasteiger partial charge on any atom is 0.174 e. The molecule has 2 aromatic heterocycles. The van der Waals surface area contributed by atoms with Crippen molar-refractivity contribution in [3.63, 3.8) is 0 Å². The summed E-state index contributed by atoms with van der Waals surface area (Å²) in [5.74, 6) is 0.650. The molecule has 2 aliphatic rings. The normalized spacial score (nSPS) is 21.1. The van der Waals surface area contributed by atoms with E-state index in [4.69, 9.17) is 33.5 Å². The summed E-state index contributed by atoms with van der Waals surface area (Å²) < 4.78 is 7.94. The van der Waals surface area contributed by atoms with E-state index >= 15 is 0 Å². The summed E-state index contributed by atoms with van der Waals surface area (Å²) in [6, 6.07) is 14.7. The molecule has 1 aliphatic carbocycles. The molecular formula is C27H31ClN4OS. The molecule has 2 fully saturated rings. The quantitative estimate of drug-likeness (QED) is 0.393. The van der Waals surface area contributed by atoms with Gasteiger partial charge in [0, 0.05) is 29.3 Å². The van der Waals surface area contributed by atoms with Crippen LogP contribution in [0.4, 0.5) is 5.69 Å². The number of aryl methyl sites for hydroxylation is 1. The van der Waals surface area contributed by atoms with E-state index in [0.717, 1.165) is 11.4 Å². The number of rotatable bonds is 5. The van der Waals surface area contributed by atoms with Crippen LogP contribution in [0.3, 0.4) is 0 Å². The number of anilines is 1. The molecule has 3 aromatic rings. The lowest BCUT2D eigenvalue weighted by Gasteiger charge is -2.30. The third-order valence-corrected chi connectivity index (χ3v) is 7.90. The van der Waals surface area contributed by atoms with Gasteiger partial charge in [0.05, 0.1) is 29.9 Å². The Kier molecular flexibility index (Phi) is 6.54. The van der Waals surface area contributed by atoms with Gasteiger partial charge in [-0.3, -0.25) is 4.98 Å². The van der Waals surface area contributed by atoms with Crippen LogP contribution in [0.5, 0.6) is 5.75 Å². The third kappa shape index (κ3) is 4.07. The first-order valence-electron chi connectivity index (χ1n) is 12.0. The fourth-order valence-electron chi connectivity index (χ4n) is 5.76. The minimum atomic E-state index is -0.0742. The van der Waals surface area contributed by atoms with Gasteiger partial charge < -0.3 is 19.5 Å². The number of halogens is 1. The molecule has 34 heavy (non-hydrogen) atoms. The maximum absolute atomic E-state index is 6.53. The highest BCUT2D eigenvalue weighted by atomic mass is 35.5. The molecule has 178 valence electrons. The van der Waals surface area contributed by atoms with Gasteiger partial charge in [0.2, 0.25) is 0 Å². The SMILES string of the molecule is COc1ccc(N2C(=S)NC(c3ccccn3)C2c2cc(C)n(C3CCCCC3)c2C)cc1Cl. The monoisotopic (exact) mass is 494 g/mol.